The van der Waals surface area contributed by atoms with Crippen LogP contribution in [0.15, 0.2) is 72.8 Å². The molecule has 6 nitrogen and oxygen atoms in total. The Kier molecular flexibility index (Phi) is 6.61. The first-order valence-corrected chi connectivity index (χ1v) is 15.3. The van der Waals surface area contributed by atoms with E-state index in [0.29, 0.717) is 48.2 Å². The zero-order chi connectivity index (χ0) is 27.1. The van der Waals surface area contributed by atoms with Crippen LogP contribution < -0.4 is 9.46 Å². The number of aryl methyl sites for hydroxylation is 2. The molecule has 0 radical (unpaired) electrons. The standard InChI is InChI=1S/C31H28N2O4S2/c1-19-12-15-26(37-17-16-21-8-4-3-5-9-21)28-24(31(34)33-39(35,36)22-13-14-22)18-25(32-29(19)28)30-20(2)23-10-6-7-11-27(23)38-30/h3-12,15,18,22H,13-14,16-17H2,1-2H3,(H,33,34). The fraction of sp³-hybridized carbons (Fsp3) is 0.226. The van der Waals surface area contributed by atoms with Gasteiger partial charge in [-0.15, -0.1) is 11.3 Å². The van der Waals surface area contributed by atoms with Crippen LogP contribution in [0.1, 0.15) is 39.9 Å². The number of aromatic nitrogens is 1. The number of carbonyl (C=O) groups excluding carboxylic acids is 1. The molecule has 0 spiro atoms. The molecular formula is C31H28N2O4S2. The van der Waals surface area contributed by atoms with Gasteiger partial charge in [0.25, 0.3) is 5.91 Å². The van der Waals surface area contributed by atoms with E-state index in [4.69, 9.17) is 9.72 Å². The summed E-state index contributed by atoms with van der Waals surface area (Å²) in [4.78, 5) is 19.6. The van der Waals surface area contributed by atoms with Gasteiger partial charge < -0.3 is 4.74 Å². The lowest BCUT2D eigenvalue weighted by Gasteiger charge is -2.16. The van der Waals surface area contributed by atoms with Gasteiger partial charge in [0.15, 0.2) is 0 Å². The first kappa shape index (κ1) is 25.5. The summed E-state index contributed by atoms with van der Waals surface area (Å²) in [6.45, 7) is 4.39. The molecule has 8 heteroatoms. The minimum atomic E-state index is -3.74. The molecule has 5 aromatic rings. The molecule has 0 unspecified atom stereocenters. The average molecular weight is 557 g/mol. The highest BCUT2D eigenvalue weighted by molar-refractivity contribution is 7.91. The smallest absolute Gasteiger partial charge is 0.265 e. The van der Waals surface area contributed by atoms with Gasteiger partial charge >= 0.3 is 0 Å². The van der Waals surface area contributed by atoms with Gasteiger partial charge in [-0.3, -0.25) is 4.79 Å². The predicted octanol–water partition coefficient (Wildman–Crippen LogP) is 6.58. The first-order valence-electron chi connectivity index (χ1n) is 13.0. The SMILES string of the molecule is Cc1c(-c2cc(C(=O)NS(=O)(=O)C3CC3)c3c(OCCc4ccccc4)ccc(C)c3n2)sc2ccccc12. The number of nitrogens with one attached hydrogen (secondary N) is 1. The van der Waals surface area contributed by atoms with Crippen LogP contribution in [0.3, 0.4) is 0 Å². The van der Waals surface area contributed by atoms with E-state index in [1.807, 2.05) is 68.4 Å². The molecule has 1 aliphatic carbocycles. The van der Waals surface area contributed by atoms with Crippen LogP contribution in [0, 0.1) is 13.8 Å². The molecule has 0 bridgehead atoms. The monoisotopic (exact) mass is 556 g/mol. The normalized spacial score (nSPS) is 13.6. The number of thiophene rings is 1. The molecular weight excluding hydrogens is 528 g/mol. The van der Waals surface area contributed by atoms with Crippen molar-refractivity contribution in [3.63, 3.8) is 0 Å². The van der Waals surface area contributed by atoms with Crippen LogP contribution in [0.5, 0.6) is 5.75 Å². The molecule has 0 atom stereocenters. The van der Waals surface area contributed by atoms with Crippen molar-refractivity contribution in [1.29, 1.82) is 0 Å². The fourth-order valence-corrected chi connectivity index (χ4v) is 7.31. The topological polar surface area (TPSA) is 85.4 Å². The third-order valence-corrected chi connectivity index (χ3v) is 10.2. The molecule has 1 amide bonds. The second-order valence-electron chi connectivity index (χ2n) is 9.97. The largest absolute Gasteiger partial charge is 0.493 e. The van der Waals surface area contributed by atoms with Gasteiger partial charge in [0.05, 0.1) is 38.9 Å². The van der Waals surface area contributed by atoms with Crippen molar-refractivity contribution in [3.05, 3.63) is 95.1 Å². The molecule has 2 aromatic heterocycles. The summed E-state index contributed by atoms with van der Waals surface area (Å²) >= 11 is 1.61. The van der Waals surface area contributed by atoms with Gasteiger partial charge in [-0.25, -0.2) is 18.1 Å². The van der Waals surface area contributed by atoms with Crippen molar-refractivity contribution in [2.24, 2.45) is 0 Å². The van der Waals surface area contributed by atoms with Gasteiger partial charge in [0.2, 0.25) is 10.0 Å². The van der Waals surface area contributed by atoms with E-state index in [0.717, 1.165) is 31.7 Å². The molecule has 0 aliphatic heterocycles. The lowest BCUT2D eigenvalue weighted by molar-refractivity contribution is 0.0982. The Hall–Kier alpha value is -3.75. The highest BCUT2D eigenvalue weighted by Gasteiger charge is 2.37. The summed E-state index contributed by atoms with van der Waals surface area (Å²) in [5.74, 6) is -0.152. The lowest BCUT2D eigenvalue weighted by Crippen LogP contribution is -2.33. The summed E-state index contributed by atoms with van der Waals surface area (Å²) in [6.07, 6.45) is 1.83. The Morgan fingerprint density at radius 1 is 1.03 bits per heavy atom. The molecule has 1 saturated carbocycles. The van der Waals surface area contributed by atoms with Crippen LogP contribution >= 0.6 is 11.3 Å². The summed E-state index contributed by atoms with van der Waals surface area (Å²) < 4.78 is 35.2. The van der Waals surface area contributed by atoms with E-state index in [-0.39, 0.29) is 5.56 Å². The lowest BCUT2D eigenvalue weighted by atomic mass is 10.0. The molecule has 3 aromatic carbocycles. The number of nitrogens with zero attached hydrogens (tertiary/aromatic N) is 1. The zero-order valence-electron chi connectivity index (χ0n) is 21.7. The Balaban J connectivity index is 1.48. The van der Waals surface area contributed by atoms with Gasteiger partial charge in [0, 0.05) is 11.1 Å². The van der Waals surface area contributed by atoms with E-state index in [9.17, 15) is 13.2 Å². The highest BCUT2D eigenvalue weighted by Crippen LogP contribution is 2.40. The van der Waals surface area contributed by atoms with Gasteiger partial charge in [-0.05, 0) is 67.0 Å². The van der Waals surface area contributed by atoms with E-state index in [2.05, 4.69) is 16.9 Å². The van der Waals surface area contributed by atoms with Crippen molar-refractivity contribution in [3.8, 4) is 16.3 Å². The zero-order valence-corrected chi connectivity index (χ0v) is 23.4. The van der Waals surface area contributed by atoms with Crippen molar-refractivity contribution in [2.45, 2.75) is 38.4 Å². The summed E-state index contributed by atoms with van der Waals surface area (Å²) in [6, 6.07) is 23.6. The minimum Gasteiger partial charge on any atom is -0.493 e. The van der Waals surface area contributed by atoms with Crippen molar-refractivity contribution in [2.75, 3.05) is 6.61 Å². The maximum absolute atomic E-state index is 13.6. The summed E-state index contributed by atoms with van der Waals surface area (Å²) in [5, 5.41) is 1.15. The summed E-state index contributed by atoms with van der Waals surface area (Å²) in [7, 11) is -3.74. The number of hydrogen-bond donors (Lipinski definition) is 1. The number of rotatable bonds is 8. The van der Waals surface area contributed by atoms with Crippen LogP contribution in [-0.4, -0.2) is 31.2 Å². The predicted molar refractivity (Wildman–Crippen MR) is 157 cm³/mol. The second-order valence-corrected chi connectivity index (χ2v) is 13.0. The van der Waals surface area contributed by atoms with E-state index >= 15 is 0 Å². The number of hydrogen-bond acceptors (Lipinski definition) is 6. The van der Waals surface area contributed by atoms with Crippen molar-refractivity contribution < 1.29 is 17.9 Å². The van der Waals surface area contributed by atoms with Gasteiger partial charge in [-0.1, -0.05) is 54.6 Å². The number of amides is 1. The minimum absolute atomic E-state index is 0.245. The molecule has 6 rings (SSSR count). The van der Waals surface area contributed by atoms with Gasteiger partial charge in [-0.2, -0.15) is 0 Å². The fourth-order valence-electron chi connectivity index (χ4n) is 4.85. The number of benzene rings is 3. The first-order chi connectivity index (χ1) is 18.8. The molecule has 1 aliphatic rings. The number of carbonyl (C=O) groups is 1. The van der Waals surface area contributed by atoms with Crippen molar-refractivity contribution >= 4 is 48.3 Å². The van der Waals surface area contributed by atoms with Crippen LogP contribution in [0.2, 0.25) is 0 Å². The number of pyridine rings is 1. The third kappa shape index (κ3) is 5.02. The Morgan fingerprint density at radius 2 is 1.77 bits per heavy atom. The molecule has 0 saturated heterocycles. The molecule has 1 fully saturated rings. The molecule has 2 heterocycles. The highest BCUT2D eigenvalue weighted by atomic mass is 32.2. The van der Waals surface area contributed by atoms with E-state index < -0.39 is 21.2 Å². The summed E-state index contributed by atoms with van der Waals surface area (Å²) in [5.41, 5.74) is 4.60. The van der Waals surface area contributed by atoms with Gasteiger partial charge in [0.1, 0.15) is 5.75 Å². The molecule has 39 heavy (non-hydrogen) atoms. The van der Waals surface area contributed by atoms with Crippen LogP contribution in [0.25, 0.3) is 31.6 Å². The van der Waals surface area contributed by atoms with Crippen molar-refractivity contribution in [1.82, 2.24) is 9.71 Å². The molecule has 198 valence electrons. The Labute approximate surface area is 231 Å². The third-order valence-electron chi connectivity index (χ3n) is 7.13. The van der Waals surface area contributed by atoms with Crippen LogP contribution in [-0.2, 0) is 16.4 Å². The number of fused-ring (bicyclic) bond motifs is 2. The van der Waals surface area contributed by atoms with E-state index in [1.54, 1.807) is 17.4 Å². The Bertz CT molecular complexity index is 1820. The second kappa shape index (κ2) is 10.1. The maximum Gasteiger partial charge on any atom is 0.265 e. The molecule has 1 N–H and O–H groups in total. The quantitative estimate of drug-likeness (QED) is 0.233. The number of sulfonamides is 1. The van der Waals surface area contributed by atoms with E-state index in [1.165, 1.54) is 0 Å². The maximum atomic E-state index is 13.6. The average Bonchev–Trinajstić information content (AvgIpc) is 3.75. The number of ether oxygens (including phenoxy) is 1. The Morgan fingerprint density at radius 3 is 2.51 bits per heavy atom. The van der Waals surface area contributed by atoms with Crippen LogP contribution in [0.4, 0.5) is 0 Å².